The summed E-state index contributed by atoms with van der Waals surface area (Å²) >= 11 is 6.10. The van der Waals surface area contributed by atoms with Crippen molar-refractivity contribution in [2.24, 2.45) is 0 Å². The minimum absolute atomic E-state index is 0. The first-order valence-electron chi connectivity index (χ1n) is 7.00. The highest BCUT2D eigenvalue weighted by Crippen LogP contribution is 2.34. The van der Waals surface area contributed by atoms with E-state index in [-0.39, 0.29) is 12.4 Å². The van der Waals surface area contributed by atoms with Crippen LogP contribution in [0.15, 0.2) is 12.1 Å². The molecule has 0 fully saturated rings. The van der Waals surface area contributed by atoms with E-state index >= 15 is 0 Å². The number of rotatable bonds is 10. The second-order valence-electron chi connectivity index (χ2n) is 4.26. The average Bonchev–Trinajstić information content (AvgIpc) is 2.45. The van der Waals surface area contributed by atoms with Crippen molar-refractivity contribution in [1.29, 1.82) is 0 Å². The SMILES string of the molecule is CCOCCCNCc1cc(Cl)cc(OC)c1OCC.Cl. The van der Waals surface area contributed by atoms with E-state index < -0.39 is 0 Å². The zero-order valence-corrected chi connectivity index (χ0v) is 14.5. The molecular formula is C15H25Cl2NO3. The van der Waals surface area contributed by atoms with E-state index in [4.69, 9.17) is 25.8 Å². The van der Waals surface area contributed by atoms with Gasteiger partial charge in [0.2, 0.25) is 0 Å². The summed E-state index contributed by atoms with van der Waals surface area (Å²) in [6.45, 7) is 7.67. The van der Waals surface area contributed by atoms with Crippen LogP contribution >= 0.6 is 24.0 Å². The predicted molar refractivity (Wildman–Crippen MR) is 89.2 cm³/mol. The molecule has 0 spiro atoms. The van der Waals surface area contributed by atoms with Gasteiger partial charge in [-0.15, -0.1) is 12.4 Å². The normalized spacial score (nSPS) is 10.1. The summed E-state index contributed by atoms with van der Waals surface area (Å²) in [7, 11) is 1.62. The Balaban J connectivity index is 0.00000400. The summed E-state index contributed by atoms with van der Waals surface area (Å²) in [5, 5.41) is 4.01. The van der Waals surface area contributed by atoms with Crippen molar-refractivity contribution in [2.75, 3.05) is 33.5 Å². The van der Waals surface area contributed by atoms with Gasteiger partial charge in [-0.3, -0.25) is 0 Å². The van der Waals surface area contributed by atoms with Crippen LogP contribution in [0.2, 0.25) is 5.02 Å². The number of nitrogens with one attached hydrogen (secondary N) is 1. The molecule has 0 saturated carbocycles. The minimum atomic E-state index is 0. The molecule has 0 bridgehead atoms. The van der Waals surface area contributed by atoms with Gasteiger partial charge >= 0.3 is 0 Å². The van der Waals surface area contributed by atoms with E-state index in [9.17, 15) is 0 Å². The summed E-state index contributed by atoms with van der Waals surface area (Å²) in [6.07, 6.45) is 0.982. The molecule has 0 aliphatic rings. The Bertz CT molecular complexity index is 403. The van der Waals surface area contributed by atoms with Gasteiger partial charge < -0.3 is 19.5 Å². The largest absolute Gasteiger partial charge is 0.493 e. The van der Waals surface area contributed by atoms with Gasteiger partial charge in [0.25, 0.3) is 0 Å². The first-order valence-corrected chi connectivity index (χ1v) is 7.38. The van der Waals surface area contributed by atoms with Crippen molar-refractivity contribution in [3.63, 3.8) is 0 Å². The van der Waals surface area contributed by atoms with Gasteiger partial charge in [0, 0.05) is 36.4 Å². The maximum atomic E-state index is 6.10. The van der Waals surface area contributed by atoms with Crippen molar-refractivity contribution in [1.82, 2.24) is 5.32 Å². The summed E-state index contributed by atoms with van der Waals surface area (Å²) in [6, 6.07) is 3.68. The minimum Gasteiger partial charge on any atom is -0.493 e. The maximum absolute atomic E-state index is 6.10. The van der Waals surface area contributed by atoms with E-state index in [1.165, 1.54) is 0 Å². The van der Waals surface area contributed by atoms with E-state index in [2.05, 4.69) is 5.32 Å². The molecule has 0 aliphatic heterocycles. The van der Waals surface area contributed by atoms with Gasteiger partial charge in [-0.05, 0) is 32.9 Å². The lowest BCUT2D eigenvalue weighted by molar-refractivity contribution is 0.144. The number of halogens is 2. The maximum Gasteiger partial charge on any atom is 0.165 e. The second kappa shape index (κ2) is 11.9. The van der Waals surface area contributed by atoms with E-state index in [0.29, 0.717) is 23.9 Å². The number of benzene rings is 1. The molecule has 122 valence electrons. The van der Waals surface area contributed by atoms with Crippen LogP contribution < -0.4 is 14.8 Å². The highest BCUT2D eigenvalue weighted by molar-refractivity contribution is 6.30. The molecule has 0 amide bonds. The van der Waals surface area contributed by atoms with Gasteiger partial charge in [0.15, 0.2) is 11.5 Å². The molecular weight excluding hydrogens is 313 g/mol. The van der Waals surface area contributed by atoms with Gasteiger partial charge in [0.05, 0.1) is 13.7 Å². The van der Waals surface area contributed by atoms with Crippen LogP contribution in [0.3, 0.4) is 0 Å². The molecule has 0 atom stereocenters. The fourth-order valence-corrected chi connectivity index (χ4v) is 2.11. The van der Waals surface area contributed by atoms with Crippen LogP contribution in [0.4, 0.5) is 0 Å². The van der Waals surface area contributed by atoms with Crippen LogP contribution in [0.5, 0.6) is 11.5 Å². The molecule has 1 aromatic rings. The van der Waals surface area contributed by atoms with Crippen LogP contribution in [-0.2, 0) is 11.3 Å². The number of hydrogen-bond acceptors (Lipinski definition) is 4. The zero-order chi connectivity index (χ0) is 14.8. The molecule has 0 radical (unpaired) electrons. The molecule has 0 aromatic heterocycles. The number of ether oxygens (including phenoxy) is 3. The number of hydrogen-bond donors (Lipinski definition) is 1. The van der Waals surface area contributed by atoms with Crippen LogP contribution in [-0.4, -0.2) is 33.5 Å². The molecule has 0 unspecified atom stereocenters. The first kappa shape index (κ1) is 20.3. The van der Waals surface area contributed by atoms with Gasteiger partial charge in [-0.25, -0.2) is 0 Å². The highest BCUT2D eigenvalue weighted by atomic mass is 35.5. The Hall–Kier alpha value is -0.680. The fraction of sp³-hybridized carbons (Fsp3) is 0.600. The quantitative estimate of drug-likeness (QED) is 0.661. The van der Waals surface area contributed by atoms with Crippen molar-refractivity contribution >= 4 is 24.0 Å². The lowest BCUT2D eigenvalue weighted by atomic mass is 10.1. The number of methoxy groups -OCH3 is 1. The molecule has 4 nitrogen and oxygen atoms in total. The van der Waals surface area contributed by atoms with Crippen LogP contribution in [0.1, 0.15) is 25.8 Å². The van der Waals surface area contributed by atoms with Crippen LogP contribution in [0.25, 0.3) is 0 Å². The Labute approximate surface area is 138 Å². The summed E-state index contributed by atoms with van der Waals surface area (Å²) in [5.74, 6) is 1.43. The standard InChI is InChI=1S/C15H24ClNO3.ClH/c1-4-19-8-6-7-17-11-12-9-13(16)10-14(18-3)15(12)20-5-2;/h9-10,17H,4-8,11H2,1-3H3;1H. The molecule has 1 N–H and O–H groups in total. The molecule has 21 heavy (non-hydrogen) atoms. The third kappa shape index (κ3) is 7.23. The molecule has 0 aliphatic carbocycles. The monoisotopic (exact) mass is 337 g/mol. The molecule has 1 aromatic carbocycles. The summed E-state index contributed by atoms with van der Waals surface area (Å²) < 4.78 is 16.3. The van der Waals surface area contributed by atoms with Gasteiger partial charge in [-0.1, -0.05) is 11.6 Å². The van der Waals surface area contributed by atoms with E-state index in [1.54, 1.807) is 13.2 Å². The Morgan fingerprint density at radius 3 is 2.57 bits per heavy atom. The topological polar surface area (TPSA) is 39.7 Å². The van der Waals surface area contributed by atoms with E-state index in [1.807, 2.05) is 19.9 Å². The fourth-order valence-electron chi connectivity index (χ4n) is 1.88. The van der Waals surface area contributed by atoms with Crippen molar-refractivity contribution < 1.29 is 14.2 Å². The van der Waals surface area contributed by atoms with Gasteiger partial charge in [-0.2, -0.15) is 0 Å². The zero-order valence-electron chi connectivity index (χ0n) is 12.9. The molecule has 6 heteroatoms. The third-order valence-electron chi connectivity index (χ3n) is 2.77. The van der Waals surface area contributed by atoms with Crippen molar-refractivity contribution in [2.45, 2.75) is 26.8 Å². The van der Waals surface area contributed by atoms with Gasteiger partial charge in [0.1, 0.15) is 0 Å². The summed E-state index contributed by atoms with van der Waals surface area (Å²) in [5.41, 5.74) is 1.01. The Morgan fingerprint density at radius 1 is 1.19 bits per heavy atom. The molecule has 1 rings (SSSR count). The van der Waals surface area contributed by atoms with Crippen LogP contribution in [0, 0.1) is 0 Å². The smallest absolute Gasteiger partial charge is 0.165 e. The molecule has 0 heterocycles. The average molecular weight is 338 g/mol. The summed E-state index contributed by atoms with van der Waals surface area (Å²) in [4.78, 5) is 0. The predicted octanol–water partition coefficient (Wildman–Crippen LogP) is 3.69. The highest BCUT2D eigenvalue weighted by Gasteiger charge is 2.12. The Kier molecular flexibility index (Phi) is 11.5. The Morgan fingerprint density at radius 2 is 1.95 bits per heavy atom. The van der Waals surface area contributed by atoms with E-state index in [0.717, 1.165) is 37.5 Å². The lowest BCUT2D eigenvalue weighted by Crippen LogP contribution is -2.17. The second-order valence-corrected chi connectivity index (χ2v) is 4.69. The molecule has 0 saturated heterocycles. The lowest BCUT2D eigenvalue weighted by Gasteiger charge is -2.15. The van der Waals surface area contributed by atoms with Crippen molar-refractivity contribution in [3.05, 3.63) is 22.7 Å². The van der Waals surface area contributed by atoms with Crippen molar-refractivity contribution in [3.8, 4) is 11.5 Å². The first-order chi connectivity index (χ1) is 9.72. The third-order valence-corrected chi connectivity index (χ3v) is 2.99.